The second-order valence-corrected chi connectivity index (χ2v) is 2.80. The molecule has 3 nitrogen and oxygen atoms in total. The first kappa shape index (κ1) is 9.29. The van der Waals surface area contributed by atoms with Gasteiger partial charge in [0.25, 0.3) is 5.91 Å². The second-order valence-electron chi connectivity index (χ2n) is 2.04. The Balaban J connectivity index is 3.21. The van der Waals surface area contributed by atoms with Crippen LogP contribution in [0.1, 0.15) is 10.4 Å². The molecule has 0 aliphatic rings. The lowest BCUT2D eigenvalue weighted by molar-refractivity contribution is 0.0963. The van der Waals surface area contributed by atoms with Crippen LogP contribution in [0.2, 0.25) is 10.2 Å². The lowest BCUT2D eigenvalue weighted by atomic mass is 10.3. The fraction of sp³-hybridized carbons (Fsp3) is 0.143. The number of nitrogens with zero attached hydrogens (tertiary/aromatic N) is 1. The van der Waals surface area contributed by atoms with E-state index in [0.717, 1.165) is 0 Å². The Bertz CT molecular complexity index is 294. The van der Waals surface area contributed by atoms with Crippen molar-refractivity contribution in [3.63, 3.8) is 0 Å². The van der Waals surface area contributed by atoms with E-state index in [-0.39, 0.29) is 16.6 Å². The normalized spacial score (nSPS) is 9.58. The molecule has 0 saturated carbocycles. The highest BCUT2D eigenvalue weighted by Crippen LogP contribution is 2.21. The van der Waals surface area contributed by atoms with Crippen LogP contribution >= 0.6 is 23.2 Å². The van der Waals surface area contributed by atoms with E-state index in [2.05, 4.69) is 10.3 Å². The molecule has 0 aliphatic carbocycles. The van der Waals surface area contributed by atoms with E-state index < -0.39 is 0 Å². The molecule has 0 atom stereocenters. The Hall–Kier alpha value is -0.800. The van der Waals surface area contributed by atoms with Crippen LogP contribution in [0.25, 0.3) is 0 Å². The van der Waals surface area contributed by atoms with Crippen molar-refractivity contribution < 1.29 is 4.79 Å². The van der Waals surface area contributed by atoms with E-state index >= 15 is 0 Å². The first-order valence-corrected chi connectivity index (χ1v) is 3.94. The van der Waals surface area contributed by atoms with E-state index in [1.165, 1.54) is 19.3 Å². The van der Waals surface area contributed by atoms with E-state index in [4.69, 9.17) is 23.2 Å². The summed E-state index contributed by atoms with van der Waals surface area (Å²) in [6.45, 7) is 0. The van der Waals surface area contributed by atoms with Crippen molar-refractivity contribution in [2.24, 2.45) is 0 Å². The van der Waals surface area contributed by atoms with Crippen molar-refractivity contribution in [1.82, 2.24) is 10.3 Å². The molecule has 64 valence electrons. The number of aromatic nitrogens is 1. The van der Waals surface area contributed by atoms with Crippen molar-refractivity contribution in [2.45, 2.75) is 0 Å². The topological polar surface area (TPSA) is 42.0 Å². The molecule has 0 unspecified atom stereocenters. The second kappa shape index (κ2) is 3.74. The Kier molecular flexibility index (Phi) is 2.89. The summed E-state index contributed by atoms with van der Waals surface area (Å²) >= 11 is 11.4. The van der Waals surface area contributed by atoms with E-state index in [9.17, 15) is 4.79 Å². The average molecular weight is 205 g/mol. The van der Waals surface area contributed by atoms with Crippen LogP contribution in [0.5, 0.6) is 0 Å². The summed E-state index contributed by atoms with van der Waals surface area (Å²) in [5.74, 6) is -0.335. The maximum Gasteiger partial charge on any atom is 0.255 e. The average Bonchev–Trinajstić information content (AvgIpc) is 2.03. The van der Waals surface area contributed by atoms with Gasteiger partial charge in [0.1, 0.15) is 5.15 Å². The van der Waals surface area contributed by atoms with Gasteiger partial charge in [-0.05, 0) is 6.07 Å². The molecule has 1 N–H and O–H groups in total. The highest BCUT2D eigenvalue weighted by Gasteiger charge is 2.13. The molecule has 0 aliphatic heterocycles. The number of hydrogen-bond donors (Lipinski definition) is 1. The van der Waals surface area contributed by atoms with Crippen LogP contribution in [0.4, 0.5) is 0 Å². The molecule has 0 aromatic carbocycles. The molecule has 0 spiro atoms. The summed E-state index contributed by atoms with van der Waals surface area (Å²) in [6, 6.07) is 1.51. The molecule has 1 aromatic heterocycles. The predicted octanol–water partition coefficient (Wildman–Crippen LogP) is 1.75. The Morgan fingerprint density at radius 1 is 1.58 bits per heavy atom. The Labute approximate surface area is 79.7 Å². The zero-order valence-electron chi connectivity index (χ0n) is 6.27. The van der Waals surface area contributed by atoms with Gasteiger partial charge < -0.3 is 5.32 Å². The number of rotatable bonds is 1. The Morgan fingerprint density at radius 3 is 2.75 bits per heavy atom. The number of nitrogens with one attached hydrogen (secondary N) is 1. The van der Waals surface area contributed by atoms with E-state index in [1.807, 2.05) is 0 Å². The molecule has 1 heterocycles. The van der Waals surface area contributed by atoms with Gasteiger partial charge in [-0.25, -0.2) is 4.98 Å². The molecule has 5 heteroatoms. The number of hydrogen-bond acceptors (Lipinski definition) is 2. The minimum atomic E-state index is -0.335. The molecular weight excluding hydrogens is 199 g/mol. The number of pyridine rings is 1. The van der Waals surface area contributed by atoms with Gasteiger partial charge in [0.2, 0.25) is 0 Å². The van der Waals surface area contributed by atoms with Crippen molar-refractivity contribution in [1.29, 1.82) is 0 Å². The maximum atomic E-state index is 11.1. The molecule has 0 fully saturated rings. The molecule has 0 saturated heterocycles. The monoisotopic (exact) mass is 204 g/mol. The molecule has 1 rings (SSSR count). The largest absolute Gasteiger partial charge is 0.355 e. The van der Waals surface area contributed by atoms with Gasteiger partial charge >= 0.3 is 0 Å². The van der Waals surface area contributed by atoms with Gasteiger partial charge in [-0.15, -0.1) is 0 Å². The van der Waals surface area contributed by atoms with Crippen LogP contribution in [-0.2, 0) is 0 Å². The quantitative estimate of drug-likeness (QED) is 0.709. The van der Waals surface area contributed by atoms with Crippen molar-refractivity contribution in [3.8, 4) is 0 Å². The van der Waals surface area contributed by atoms with Gasteiger partial charge in [0, 0.05) is 13.2 Å². The van der Waals surface area contributed by atoms with E-state index in [1.54, 1.807) is 0 Å². The standard InChI is InChI=1S/C7H6Cl2N2O/c1-10-7(12)5-4(8)2-3-11-6(5)9/h2-3H,1H3,(H,10,12). The first-order valence-electron chi connectivity index (χ1n) is 3.19. The van der Waals surface area contributed by atoms with Crippen LogP contribution in [0.15, 0.2) is 12.3 Å². The van der Waals surface area contributed by atoms with Gasteiger partial charge in [0.05, 0.1) is 10.6 Å². The SMILES string of the molecule is CNC(=O)c1c(Cl)ccnc1Cl. The fourth-order valence-electron chi connectivity index (χ4n) is 0.742. The Morgan fingerprint density at radius 2 is 2.25 bits per heavy atom. The minimum Gasteiger partial charge on any atom is -0.355 e. The number of amides is 1. The highest BCUT2D eigenvalue weighted by molar-refractivity contribution is 6.38. The third-order valence-corrected chi connectivity index (χ3v) is 1.91. The summed E-state index contributed by atoms with van der Waals surface area (Å²) in [7, 11) is 1.50. The first-order chi connectivity index (χ1) is 5.66. The van der Waals surface area contributed by atoms with Gasteiger partial charge in [-0.3, -0.25) is 4.79 Å². The lowest BCUT2D eigenvalue weighted by Gasteiger charge is -2.02. The van der Waals surface area contributed by atoms with Gasteiger partial charge in [-0.2, -0.15) is 0 Å². The summed E-state index contributed by atoms with van der Waals surface area (Å²) in [5, 5.41) is 2.83. The number of carbonyl (C=O) groups is 1. The van der Waals surface area contributed by atoms with Gasteiger partial charge in [-0.1, -0.05) is 23.2 Å². The van der Waals surface area contributed by atoms with Crippen LogP contribution in [0.3, 0.4) is 0 Å². The van der Waals surface area contributed by atoms with Crippen molar-refractivity contribution >= 4 is 29.1 Å². The summed E-state index contributed by atoms with van der Waals surface area (Å²) in [4.78, 5) is 14.9. The molecule has 1 amide bonds. The molecule has 1 aromatic rings. The van der Waals surface area contributed by atoms with Gasteiger partial charge in [0.15, 0.2) is 0 Å². The smallest absolute Gasteiger partial charge is 0.255 e. The predicted molar refractivity (Wildman–Crippen MR) is 47.6 cm³/mol. The fourth-order valence-corrected chi connectivity index (χ4v) is 1.27. The third-order valence-electron chi connectivity index (χ3n) is 1.31. The summed E-state index contributed by atoms with van der Waals surface area (Å²) in [6.07, 6.45) is 1.44. The number of carbonyl (C=O) groups excluding carboxylic acids is 1. The highest BCUT2D eigenvalue weighted by atomic mass is 35.5. The zero-order valence-corrected chi connectivity index (χ0v) is 7.78. The molecule has 0 radical (unpaired) electrons. The molecule has 0 bridgehead atoms. The maximum absolute atomic E-state index is 11.1. The summed E-state index contributed by atoms with van der Waals surface area (Å²) < 4.78 is 0. The zero-order chi connectivity index (χ0) is 9.14. The molecule has 12 heavy (non-hydrogen) atoms. The third kappa shape index (κ3) is 1.68. The van der Waals surface area contributed by atoms with E-state index in [0.29, 0.717) is 5.02 Å². The van der Waals surface area contributed by atoms with Crippen LogP contribution < -0.4 is 5.32 Å². The summed E-state index contributed by atoms with van der Waals surface area (Å²) in [5.41, 5.74) is 0.211. The van der Waals surface area contributed by atoms with Crippen molar-refractivity contribution in [3.05, 3.63) is 28.0 Å². The van der Waals surface area contributed by atoms with Crippen LogP contribution in [-0.4, -0.2) is 17.9 Å². The number of halogens is 2. The van der Waals surface area contributed by atoms with Crippen molar-refractivity contribution in [2.75, 3.05) is 7.05 Å². The minimum absolute atomic E-state index is 0.113. The molecular formula is C7H6Cl2N2O. The van der Waals surface area contributed by atoms with Crippen LogP contribution in [0, 0.1) is 0 Å². The lowest BCUT2D eigenvalue weighted by Crippen LogP contribution is -2.19.